The lowest BCUT2D eigenvalue weighted by Crippen LogP contribution is -2.42. The molecule has 0 aliphatic carbocycles. The molecule has 1 fully saturated rings. The van der Waals surface area contributed by atoms with Crippen LogP contribution in [-0.2, 0) is 4.74 Å². The van der Waals surface area contributed by atoms with E-state index < -0.39 is 6.10 Å². The van der Waals surface area contributed by atoms with Crippen molar-refractivity contribution in [3.63, 3.8) is 0 Å². The molecule has 0 radical (unpaired) electrons. The third-order valence-corrected chi connectivity index (χ3v) is 3.91. The number of rotatable bonds is 2. The van der Waals surface area contributed by atoms with Gasteiger partial charge in [-0.1, -0.05) is 28.4 Å². The standard InChI is InChI=1S/C14H13Cl2N3O3/c1-8-17-13(18-22-8)12-7-19(4-5-21-12)14(20)10-6-9(15)2-3-11(10)16/h2-3,6,12H,4-5,7H2,1H3. The molecule has 0 N–H and O–H groups in total. The number of aromatic nitrogens is 2. The van der Waals surface area contributed by atoms with Crippen molar-refractivity contribution >= 4 is 29.1 Å². The van der Waals surface area contributed by atoms with Crippen molar-refractivity contribution < 1.29 is 14.1 Å². The van der Waals surface area contributed by atoms with E-state index in [1.807, 2.05) is 0 Å². The summed E-state index contributed by atoms with van der Waals surface area (Å²) in [7, 11) is 0. The van der Waals surface area contributed by atoms with E-state index in [9.17, 15) is 4.79 Å². The number of halogens is 2. The van der Waals surface area contributed by atoms with Crippen LogP contribution in [0.15, 0.2) is 22.7 Å². The summed E-state index contributed by atoms with van der Waals surface area (Å²) in [5.74, 6) is 0.702. The van der Waals surface area contributed by atoms with Gasteiger partial charge in [0.25, 0.3) is 5.91 Å². The zero-order valence-corrected chi connectivity index (χ0v) is 13.3. The fraction of sp³-hybridized carbons (Fsp3) is 0.357. The number of nitrogens with zero attached hydrogens (tertiary/aromatic N) is 3. The molecule has 1 unspecified atom stereocenters. The molecule has 0 spiro atoms. The zero-order chi connectivity index (χ0) is 15.7. The van der Waals surface area contributed by atoms with Gasteiger partial charge in [-0.15, -0.1) is 0 Å². The Morgan fingerprint density at radius 2 is 2.23 bits per heavy atom. The molecule has 2 aromatic rings. The average molecular weight is 342 g/mol. The highest BCUT2D eigenvalue weighted by atomic mass is 35.5. The van der Waals surface area contributed by atoms with Gasteiger partial charge in [0, 0.05) is 18.5 Å². The van der Waals surface area contributed by atoms with Crippen molar-refractivity contribution in [3.05, 3.63) is 45.5 Å². The van der Waals surface area contributed by atoms with Gasteiger partial charge < -0.3 is 14.2 Å². The second kappa shape index (κ2) is 6.24. The molecule has 0 saturated carbocycles. The minimum absolute atomic E-state index is 0.194. The minimum Gasteiger partial charge on any atom is -0.366 e. The summed E-state index contributed by atoms with van der Waals surface area (Å²) in [4.78, 5) is 18.4. The molecule has 8 heteroatoms. The van der Waals surface area contributed by atoms with E-state index in [1.165, 1.54) is 0 Å². The van der Waals surface area contributed by atoms with Crippen molar-refractivity contribution in [2.24, 2.45) is 0 Å². The second-order valence-electron chi connectivity index (χ2n) is 4.91. The fourth-order valence-corrected chi connectivity index (χ4v) is 2.64. The molecule has 1 aliphatic heterocycles. The van der Waals surface area contributed by atoms with Crippen LogP contribution in [0.3, 0.4) is 0 Å². The van der Waals surface area contributed by atoms with Crippen LogP contribution in [0.4, 0.5) is 0 Å². The molecule has 6 nitrogen and oxygen atoms in total. The van der Waals surface area contributed by atoms with Gasteiger partial charge in [0.2, 0.25) is 11.7 Å². The number of benzene rings is 1. The summed E-state index contributed by atoms with van der Waals surface area (Å²) >= 11 is 12.0. The SMILES string of the molecule is Cc1nc(C2CN(C(=O)c3cc(Cl)ccc3Cl)CCO2)no1. The van der Waals surface area contributed by atoms with Gasteiger partial charge in [0.15, 0.2) is 0 Å². The van der Waals surface area contributed by atoms with E-state index in [2.05, 4.69) is 10.1 Å². The van der Waals surface area contributed by atoms with Crippen LogP contribution >= 0.6 is 23.2 Å². The quantitative estimate of drug-likeness (QED) is 0.839. The number of aryl methyl sites for hydroxylation is 1. The third kappa shape index (κ3) is 3.09. The average Bonchev–Trinajstić information content (AvgIpc) is 2.96. The Labute approximate surface area is 136 Å². The van der Waals surface area contributed by atoms with Gasteiger partial charge in [-0.3, -0.25) is 4.79 Å². The normalized spacial score (nSPS) is 18.5. The zero-order valence-electron chi connectivity index (χ0n) is 11.8. The Morgan fingerprint density at radius 3 is 2.95 bits per heavy atom. The van der Waals surface area contributed by atoms with Crippen LogP contribution in [0.2, 0.25) is 10.0 Å². The van der Waals surface area contributed by atoms with Gasteiger partial charge in [-0.2, -0.15) is 4.98 Å². The van der Waals surface area contributed by atoms with E-state index >= 15 is 0 Å². The molecule has 1 atom stereocenters. The molecule has 1 aliphatic rings. The number of carbonyl (C=O) groups is 1. The summed E-state index contributed by atoms with van der Waals surface area (Å²) < 4.78 is 10.6. The first-order chi connectivity index (χ1) is 10.5. The van der Waals surface area contributed by atoms with Gasteiger partial charge >= 0.3 is 0 Å². The number of morpholine rings is 1. The van der Waals surface area contributed by atoms with Crippen LogP contribution in [0.25, 0.3) is 0 Å². The first-order valence-electron chi connectivity index (χ1n) is 6.71. The summed E-state index contributed by atoms with van der Waals surface area (Å²) in [6.07, 6.45) is -0.409. The first-order valence-corrected chi connectivity index (χ1v) is 7.46. The van der Waals surface area contributed by atoms with Gasteiger partial charge in [-0.05, 0) is 18.2 Å². The maximum atomic E-state index is 12.6. The Balaban J connectivity index is 1.79. The van der Waals surface area contributed by atoms with Crippen LogP contribution in [-0.4, -0.2) is 40.6 Å². The molecular formula is C14H13Cl2N3O3. The number of ether oxygens (including phenoxy) is 1. The van der Waals surface area contributed by atoms with Gasteiger partial charge in [0.05, 0.1) is 23.7 Å². The molecule has 1 aromatic heterocycles. The predicted octanol–water partition coefficient (Wildman–Crippen LogP) is 2.90. The van der Waals surface area contributed by atoms with Crippen molar-refractivity contribution in [3.8, 4) is 0 Å². The maximum Gasteiger partial charge on any atom is 0.255 e. The van der Waals surface area contributed by atoms with E-state index in [0.29, 0.717) is 47.0 Å². The van der Waals surface area contributed by atoms with Gasteiger partial charge in [-0.25, -0.2) is 0 Å². The molecule has 22 heavy (non-hydrogen) atoms. The Hall–Kier alpha value is -1.63. The lowest BCUT2D eigenvalue weighted by atomic mass is 10.1. The summed E-state index contributed by atoms with van der Waals surface area (Å²) in [6.45, 7) is 2.89. The van der Waals surface area contributed by atoms with Crippen LogP contribution in [0.1, 0.15) is 28.2 Å². The minimum atomic E-state index is -0.409. The fourth-order valence-electron chi connectivity index (χ4n) is 2.27. The molecule has 1 amide bonds. The number of carbonyl (C=O) groups excluding carboxylic acids is 1. The lowest BCUT2D eigenvalue weighted by molar-refractivity contribution is -0.0276. The van der Waals surface area contributed by atoms with E-state index in [1.54, 1.807) is 30.0 Å². The topological polar surface area (TPSA) is 68.5 Å². The molecule has 1 saturated heterocycles. The molecular weight excluding hydrogens is 329 g/mol. The Bertz CT molecular complexity index is 704. The molecule has 116 valence electrons. The van der Waals surface area contributed by atoms with Crippen molar-refractivity contribution in [2.75, 3.05) is 19.7 Å². The monoisotopic (exact) mass is 341 g/mol. The number of amides is 1. The van der Waals surface area contributed by atoms with Crippen LogP contribution < -0.4 is 0 Å². The molecule has 0 bridgehead atoms. The lowest BCUT2D eigenvalue weighted by Gasteiger charge is -2.31. The van der Waals surface area contributed by atoms with E-state index in [0.717, 1.165) is 0 Å². The van der Waals surface area contributed by atoms with E-state index in [-0.39, 0.29) is 5.91 Å². The Kier molecular flexibility index (Phi) is 4.33. The van der Waals surface area contributed by atoms with Crippen molar-refractivity contribution in [1.82, 2.24) is 15.0 Å². The van der Waals surface area contributed by atoms with Crippen LogP contribution in [0.5, 0.6) is 0 Å². The van der Waals surface area contributed by atoms with Crippen molar-refractivity contribution in [1.29, 1.82) is 0 Å². The highest BCUT2D eigenvalue weighted by Crippen LogP contribution is 2.25. The number of hydrogen-bond donors (Lipinski definition) is 0. The highest BCUT2D eigenvalue weighted by Gasteiger charge is 2.29. The summed E-state index contributed by atoms with van der Waals surface area (Å²) in [5, 5.41) is 4.67. The molecule has 3 rings (SSSR count). The Morgan fingerprint density at radius 1 is 1.41 bits per heavy atom. The predicted molar refractivity (Wildman–Crippen MR) is 80.1 cm³/mol. The van der Waals surface area contributed by atoms with Crippen molar-refractivity contribution in [2.45, 2.75) is 13.0 Å². The highest BCUT2D eigenvalue weighted by molar-refractivity contribution is 6.35. The molecule has 2 heterocycles. The maximum absolute atomic E-state index is 12.6. The van der Waals surface area contributed by atoms with E-state index in [4.69, 9.17) is 32.5 Å². The smallest absolute Gasteiger partial charge is 0.255 e. The second-order valence-corrected chi connectivity index (χ2v) is 5.75. The van der Waals surface area contributed by atoms with Gasteiger partial charge in [0.1, 0.15) is 6.10 Å². The number of hydrogen-bond acceptors (Lipinski definition) is 5. The first kappa shape index (κ1) is 15.3. The third-order valence-electron chi connectivity index (χ3n) is 3.34. The molecule has 1 aromatic carbocycles. The largest absolute Gasteiger partial charge is 0.366 e. The summed E-state index contributed by atoms with van der Waals surface area (Å²) in [6, 6.07) is 4.82. The van der Waals surface area contributed by atoms with Crippen LogP contribution in [0, 0.1) is 6.92 Å². The summed E-state index contributed by atoms with van der Waals surface area (Å²) in [5.41, 5.74) is 0.374.